The number of benzene rings is 1. The Morgan fingerprint density at radius 1 is 1.35 bits per heavy atom. The second-order valence-corrected chi connectivity index (χ2v) is 5.07. The average Bonchev–Trinajstić information content (AvgIpc) is 2.38. The molecule has 3 rings (SSSR count). The summed E-state index contributed by atoms with van der Waals surface area (Å²) >= 11 is 0. The van der Waals surface area contributed by atoms with E-state index in [1.807, 2.05) is 0 Å². The Balaban J connectivity index is 2.04. The third kappa shape index (κ3) is 1.69. The van der Waals surface area contributed by atoms with Crippen molar-refractivity contribution in [3.05, 3.63) is 23.8 Å². The maximum Gasteiger partial charge on any atom is 0.142 e. The van der Waals surface area contributed by atoms with Crippen LogP contribution in [0.15, 0.2) is 18.2 Å². The van der Waals surface area contributed by atoms with Gasteiger partial charge in [-0.05, 0) is 37.3 Å². The van der Waals surface area contributed by atoms with Crippen LogP contribution in [0.1, 0.15) is 24.8 Å². The Kier molecular flexibility index (Phi) is 2.71. The molecule has 2 aliphatic heterocycles. The molecule has 1 aromatic carbocycles. The number of ether oxygens (including phenoxy) is 1. The molecule has 3 nitrogen and oxygen atoms in total. The summed E-state index contributed by atoms with van der Waals surface area (Å²) in [6.07, 6.45) is 4.66. The minimum Gasteiger partial charge on any atom is -0.495 e. The van der Waals surface area contributed by atoms with Crippen LogP contribution >= 0.6 is 0 Å². The van der Waals surface area contributed by atoms with Gasteiger partial charge in [0, 0.05) is 18.6 Å². The van der Waals surface area contributed by atoms with Crippen molar-refractivity contribution in [1.82, 2.24) is 0 Å². The molecule has 92 valence electrons. The fraction of sp³-hybridized carbons (Fsp3) is 0.571. The highest BCUT2D eigenvalue weighted by Gasteiger charge is 2.34. The summed E-state index contributed by atoms with van der Waals surface area (Å²) in [6, 6.07) is 7.19. The topological polar surface area (TPSA) is 38.5 Å². The molecule has 1 aromatic rings. The lowest BCUT2D eigenvalue weighted by Crippen LogP contribution is -2.54. The molecule has 0 aliphatic carbocycles. The third-order valence-corrected chi connectivity index (χ3v) is 4.13. The van der Waals surface area contributed by atoms with E-state index < -0.39 is 0 Å². The molecule has 3 heteroatoms. The van der Waals surface area contributed by atoms with Crippen molar-refractivity contribution in [1.29, 1.82) is 0 Å². The van der Waals surface area contributed by atoms with Gasteiger partial charge in [0.05, 0.1) is 12.8 Å². The highest BCUT2D eigenvalue weighted by Crippen LogP contribution is 2.40. The lowest BCUT2D eigenvalue weighted by atomic mass is 9.86. The van der Waals surface area contributed by atoms with Gasteiger partial charge in [-0.2, -0.15) is 0 Å². The molecular formula is C14H20N2O. The smallest absolute Gasteiger partial charge is 0.142 e. The summed E-state index contributed by atoms with van der Waals surface area (Å²) in [6.45, 7) is 1.12. The van der Waals surface area contributed by atoms with E-state index in [-0.39, 0.29) is 0 Å². The van der Waals surface area contributed by atoms with Crippen molar-refractivity contribution in [3.8, 4) is 5.75 Å². The van der Waals surface area contributed by atoms with Crippen LogP contribution < -0.4 is 15.4 Å². The van der Waals surface area contributed by atoms with E-state index in [4.69, 9.17) is 10.5 Å². The van der Waals surface area contributed by atoms with Crippen molar-refractivity contribution in [2.45, 2.75) is 37.8 Å². The predicted octanol–water partition coefficient (Wildman–Crippen LogP) is 1.94. The molecule has 0 aromatic heterocycles. The quantitative estimate of drug-likeness (QED) is 0.804. The molecule has 0 spiro atoms. The van der Waals surface area contributed by atoms with E-state index in [2.05, 4.69) is 23.1 Å². The van der Waals surface area contributed by atoms with Crippen LogP contribution in [0.2, 0.25) is 0 Å². The van der Waals surface area contributed by atoms with Crippen molar-refractivity contribution < 1.29 is 4.74 Å². The van der Waals surface area contributed by atoms with Crippen LogP contribution in [-0.4, -0.2) is 25.7 Å². The number of para-hydroxylation sites is 1. The Morgan fingerprint density at radius 2 is 2.24 bits per heavy atom. The molecule has 2 unspecified atom stereocenters. The number of methoxy groups -OCH3 is 1. The fourth-order valence-corrected chi connectivity index (χ4v) is 3.30. The Hall–Kier alpha value is -1.22. The molecule has 1 fully saturated rings. The second kappa shape index (κ2) is 4.22. The van der Waals surface area contributed by atoms with Crippen LogP contribution in [0.3, 0.4) is 0 Å². The summed E-state index contributed by atoms with van der Waals surface area (Å²) in [5.41, 5.74) is 8.96. The summed E-state index contributed by atoms with van der Waals surface area (Å²) in [5, 5.41) is 0. The van der Waals surface area contributed by atoms with E-state index in [1.54, 1.807) is 7.11 Å². The SMILES string of the molecule is COc1cccc2c1N1CCCC(N)C1CC2. The number of nitrogens with zero attached hydrogens (tertiary/aromatic N) is 1. The van der Waals surface area contributed by atoms with E-state index >= 15 is 0 Å². The Bertz CT molecular complexity index is 404. The fourth-order valence-electron chi connectivity index (χ4n) is 3.30. The molecule has 17 heavy (non-hydrogen) atoms. The molecule has 0 radical (unpaired) electrons. The van der Waals surface area contributed by atoms with Crippen molar-refractivity contribution in [2.24, 2.45) is 5.73 Å². The number of rotatable bonds is 1. The molecule has 2 N–H and O–H groups in total. The van der Waals surface area contributed by atoms with Crippen LogP contribution in [0.5, 0.6) is 5.75 Å². The monoisotopic (exact) mass is 232 g/mol. The highest BCUT2D eigenvalue weighted by atomic mass is 16.5. The van der Waals surface area contributed by atoms with Gasteiger partial charge in [-0.15, -0.1) is 0 Å². The normalized spacial score (nSPS) is 27.3. The molecule has 0 amide bonds. The number of fused-ring (bicyclic) bond motifs is 3. The highest BCUT2D eigenvalue weighted by molar-refractivity contribution is 5.66. The van der Waals surface area contributed by atoms with Gasteiger partial charge in [-0.1, -0.05) is 12.1 Å². The first-order valence-corrected chi connectivity index (χ1v) is 6.49. The molecule has 0 bridgehead atoms. The van der Waals surface area contributed by atoms with Gasteiger partial charge < -0.3 is 15.4 Å². The van der Waals surface area contributed by atoms with Crippen LogP contribution in [0.4, 0.5) is 5.69 Å². The largest absolute Gasteiger partial charge is 0.495 e. The minimum absolute atomic E-state index is 0.321. The zero-order valence-corrected chi connectivity index (χ0v) is 10.4. The minimum atomic E-state index is 0.321. The number of nitrogens with two attached hydrogens (primary N) is 1. The molecule has 2 aliphatic rings. The molecule has 2 heterocycles. The lowest BCUT2D eigenvalue weighted by molar-refractivity contribution is 0.359. The van der Waals surface area contributed by atoms with Crippen LogP contribution in [0, 0.1) is 0 Å². The van der Waals surface area contributed by atoms with E-state index in [1.165, 1.54) is 24.1 Å². The molecule has 0 saturated carbocycles. The first-order valence-electron chi connectivity index (χ1n) is 6.49. The zero-order chi connectivity index (χ0) is 11.8. The standard InChI is InChI=1S/C14H20N2O/c1-17-13-6-2-4-10-7-8-12-11(15)5-3-9-16(12)14(10)13/h2,4,6,11-12H,3,5,7-9,15H2,1H3. The number of piperidine rings is 1. The first kappa shape index (κ1) is 10.9. The predicted molar refractivity (Wildman–Crippen MR) is 69.7 cm³/mol. The molecule has 2 atom stereocenters. The second-order valence-electron chi connectivity index (χ2n) is 5.07. The Morgan fingerprint density at radius 3 is 3.06 bits per heavy atom. The number of anilines is 1. The average molecular weight is 232 g/mol. The van der Waals surface area contributed by atoms with Gasteiger partial charge in [0.25, 0.3) is 0 Å². The first-order chi connectivity index (χ1) is 8.31. The summed E-state index contributed by atoms with van der Waals surface area (Å²) in [7, 11) is 1.75. The molecular weight excluding hydrogens is 212 g/mol. The van der Waals surface area contributed by atoms with Crippen molar-refractivity contribution >= 4 is 5.69 Å². The maximum absolute atomic E-state index is 6.26. The van der Waals surface area contributed by atoms with Crippen LogP contribution in [-0.2, 0) is 6.42 Å². The molecule has 1 saturated heterocycles. The zero-order valence-electron chi connectivity index (χ0n) is 10.4. The number of hydrogen-bond acceptors (Lipinski definition) is 3. The summed E-state index contributed by atoms with van der Waals surface area (Å²) in [5.74, 6) is 1.00. The van der Waals surface area contributed by atoms with Gasteiger partial charge in [-0.25, -0.2) is 0 Å². The van der Waals surface area contributed by atoms with Gasteiger partial charge in [-0.3, -0.25) is 0 Å². The van der Waals surface area contributed by atoms with E-state index in [0.29, 0.717) is 12.1 Å². The van der Waals surface area contributed by atoms with Gasteiger partial charge in [0.1, 0.15) is 5.75 Å². The van der Waals surface area contributed by atoms with E-state index in [0.717, 1.165) is 25.1 Å². The Labute approximate surface area is 103 Å². The van der Waals surface area contributed by atoms with Crippen LogP contribution in [0.25, 0.3) is 0 Å². The number of aryl methyl sites for hydroxylation is 1. The van der Waals surface area contributed by atoms with Crippen molar-refractivity contribution in [3.63, 3.8) is 0 Å². The van der Waals surface area contributed by atoms with Gasteiger partial charge in [0.15, 0.2) is 0 Å². The van der Waals surface area contributed by atoms with Gasteiger partial charge >= 0.3 is 0 Å². The summed E-state index contributed by atoms with van der Waals surface area (Å²) in [4.78, 5) is 2.48. The van der Waals surface area contributed by atoms with Gasteiger partial charge in [0.2, 0.25) is 0 Å². The summed E-state index contributed by atoms with van der Waals surface area (Å²) < 4.78 is 5.51. The third-order valence-electron chi connectivity index (χ3n) is 4.13. The lowest BCUT2D eigenvalue weighted by Gasteiger charge is -2.45. The maximum atomic E-state index is 6.26. The van der Waals surface area contributed by atoms with Crippen molar-refractivity contribution in [2.75, 3.05) is 18.6 Å². The van der Waals surface area contributed by atoms with E-state index in [9.17, 15) is 0 Å². The number of hydrogen-bond donors (Lipinski definition) is 1.